The van der Waals surface area contributed by atoms with Crippen LogP contribution in [0, 0.1) is 0 Å². The monoisotopic (exact) mass is 121 g/mol. The third kappa shape index (κ3) is 1.06. The summed E-state index contributed by atoms with van der Waals surface area (Å²) in [5.41, 5.74) is 5.48. The molecule has 2 N–H and O–H groups in total. The largest absolute Gasteiger partial charge is 0.319 e. The van der Waals surface area contributed by atoms with Gasteiger partial charge in [-0.25, -0.2) is 0 Å². The van der Waals surface area contributed by atoms with Crippen molar-refractivity contribution in [2.24, 2.45) is 5.73 Å². The van der Waals surface area contributed by atoms with Crippen LogP contribution in [0.5, 0.6) is 0 Å². The number of rotatable bonds is 0. The van der Waals surface area contributed by atoms with Crippen molar-refractivity contribution in [3.05, 3.63) is 0 Å². The van der Waals surface area contributed by atoms with Crippen LogP contribution in [0.15, 0.2) is 0 Å². The van der Waals surface area contributed by atoms with E-state index in [9.17, 15) is 0 Å². The topological polar surface area (TPSA) is 26.0 Å². The second-order valence-electron chi connectivity index (χ2n) is 1.19. The van der Waals surface area contributed by atoms with E-state index in [-0.39, 0.29) is 0 Å². The highest BCUT2D eigenvalue weighted by Crippen LogP contribution is 2.25. The van der Waals surface area contributed by atoms with Crippen molar-refractivity contribution in [3.8, 4) is 0 Å². The van der Waals surface area contributed by atoms with Gasteiger partial charge in [0.15, 0.2) is 0 Å². The first-order valence-electron chi connectivity index (χ1n) is 1.84. The summed E-state index contributed by atoms with van der Waals surface area (Å²) >= 11 is 3.76. The van der Waals surface area contributed by atoms with Gasteiger partial charge in [0, 0.05) is 10.8 Å². The fourth-order valence-electron chi connectivity index (χ4n) is 0.348. The summed E-state index contributed by atoms with van der Waals surface area (Å²) in [6.45, 7) is 0. The van der Waals surface area contributed by atoms with Crippen LogP contribution >= 0.6 is 23.5 Å². The maximum Gasteiger partial charge on any atom is 0.0607 e. The van der Waals surface area contributed by atoms with Gasteiger partial charge in [0.05, 0.1) is 5.37 Å². The summed E-state index contributed by atoms with van der Waals surface area (Å²) in [5, 5.41) is 1.62. The van der Waals surface area contributed by atoms with Crippen LogP contribution < -0.4 is 5.73 Å². The highest BCUT2D eigenvalue weighted by molar-refractivity contribution is 8.19. The quantitative estimate of drug-likeness (QED) is 0.511. The van der Waals surface area contributed by atoms with E-state index in [0.717, 1.165) is 5.75 Å². The fourth-order valence-corrected chi connectivity index (χ4v) is 2.72. The van der Waals surface area contributed by atoms with Crippen molar-refractivity contribution in [3.63, 3.8) is 0 Å². The van der Waals surface area contributed by atoms with Gasteiger partial charge in [-0.05, 0) is 0 Å². The van der Waals surface area contributed by atoms with E-state index in [2.05, 4.69) is 0 Å². The molecule has 0 spiro atoms. The third-order valence-electron chi connectivity index (χ3n) is 0.648. The van der Waals surface area contributed by atoms with Gasteiger partial charge in [-0.3, -0.25) is 0 Å². The highest BCUT2D eigenvalue weighted by atomic mass is 32.2. The molecule has 1 aliphatic heterocycles. The second-order valence-corrected chi connectivity index (χ2v) is 3.82. The maximum absolute atomic E-state index is 5.48. The van der Waals surface area contributed by atoms with Crippen LogP contribution in [0.3, 0.4) is 0 Å². The first-order chi connectivity index (χ1) is 2.89. The van der Waals surface area contributed by atoms with E-state index in [1.165, 1.54) is 5.08 Å². The SMILES string of the molecule is NC1CSCS1. The van der Waals surface area contributed by atoms with Gasteiger partial charge in [-0.2, -0.15) is 0 Å². The van der Waals surface area contributed by atoms with Gasteiger partial charge in [0.2, 0.25) is 0 Å². The molecule has 0 radical (unpaired) electrons. The molecule has 0 bridgehead atoms. The standard InChI is InChI=1S/C3H7NS2/c4-3-1-5-2-6-3/h3H,1-2,4H2. The molecule has 6 heavy (non-hydrogen) atoms. The molecule has 1 atom stereocenters. The Bertz CT molecular complexity index is 42.1. The number of nitrogens with two attached hydrogens (primary N) is 1. The fraction of sp³-hybridized carbons (Fsp3) is 1.00. The van der Waals surface area contributed by atoms with E-state index < -0.39 is 0 Å². The summed E-state index contributed by atoms with van der Waals surface area (Å²) in [6, 6.07) is 0. The van der Waals surface area contributed by atoms with Crippen LogP contribution in [-0.4, -0.2) is 16.2 Å². The summed E-state index contributed by atoms with van der Waals surface area (Å²) in [5.74, 6) is 1.14. The van der Waals surface area contributed by atoms with Crippen molar-refractivity contribution in [2.75, 3.05) is 10.8 Å². The van der Waals surface area contributed by atoms with E-state index in [1.807, 2.05) is 23.5 Å². The molecule has 1 nitrogen and oxygen atoms in total. The molecule has 1 unspecified atom stereocenters. The molecule has 1 fully saturated rings. The Morgan fingerprint density at radius 2 is 2.50 bits per heavy atom. The molecule has 3 heteroatoms. The first-order valence-corrected chi connectivity index (χ1v) is 4.05. The van der Waals surface area contributed by atoms with Gasteiger partial charge < -0.3 is 5.73 Å². The summed E-state index contributed by atoms with van der Waals surface area (Å²) < 4.78 is 0. The molecule has 1 aliphatic rings. The lowest BCUT2D eigenvalue weighted by atomic mass is 10.8. The Hall–Kier alpha value is 0.660. The Labute approximate surface area is 46.0 Å². The Kier molecular flexibility index (Phi) is 1.68. The van der Waals surface area contributed by atoms with Crippen molar-refractivity contribution in [1.82, 2.24) is 0 Å². The van der Waals surface area contributed by atoms with Crippen molar-refractivity contribution in [2.45, 2.75) is 5.37 Å². The zero-order valence-electron chi connectivity index (χ0n) is 3.39. The van der Waals surface area contributed by atoms with Crippen LogP contribution in [-0.2, 0) is 0 Å². The normalized spacial score (nSPS) is 34.5. The van der Waals surface area contributed by atoms with Crippen molar-refractivity contribution >= 4 is 23.5 Å². The van der Waals surface area contributed by atoms with Crippen LogP contribution in [0.4, 0.5) is 0 Å². The van der Waals surface area contributed by atoms with Crippen LogP contribution in [0.25, 0.3) is 0 Å². The van der Waals surface area contributed by atoms with E-state index in [4.69, 9.17) is 5.73 Å². The molecular formula is C3H7NS2. The lowest BCUT2D eigenvalue weighted by Crippen LogP contribution is -2.12. The third-order valence-corrected chi connectivity index (χ3v) is 3.26. The Morgan fingerprint density at radius 1 is 1.67 bits per heavy atom. The van der Waals surface area contributed by atoms with Gasteiger partial charge in [-0.15, -0.1) is 23.5 Å². The molecule has 0 aromatic carbocycles. The van der Waals surface area contributed by atoms with Crippen molar-refractivity contribution in [1.29, 1.82) is 0 Å². The summed E-state index contributed by atoms with van der Waals surface area (Å²) in [6.07, 6.45) is 0. The van der Waals surface area contributed by atoms with E-state index in [0.29, 0.717) is 5.37 Å². The molecule has 0 aromatic heterocycles. The molecule has 36 valence electrons. The second kappa shape index (κ2) is 2.09. The molecule has 0 aliphatic carbocycles. The maximum atomic E-state index is 5.48. The number of hydrogen-bond donors (Lipinski definition) is 1. The molecule has 1 heterocycles. The first kappa shape index (κ1) is 4.81. The minimum atomic E-state index is 0.426. The zero-order valence-corrected chi connectivity index (χ0v) is 5.02. The smallest absolute Gasteiger partial charge is 0.0607 e. The predicted molar refractivity (Wildman–Crippen MR) is 32.9 cm³/mol. The molecule has 1 rings (SSSR count). The zero-order chi connectivity index (χ0) is 4.41. The lowest BCUT2D eigenvalue weighted by Gasteiger charge is -1.91. The van der Waals surface area contributed by atoms with Gasteiger partial charge in [-0.1, -0.05) is 0 Å². The van der Waals surface area contributed by atoms with Crippen LogP contribution in [0.1, 0.15) is 0 Å². The number of hydrogen-bond acceptors (Lipinski definition) is 3. The van der Waals surface area contributed by atoms with Crippen LogP contribution in [0.2, 0.25) is 0 Å². The average molecular weight is 121 g/mol. The molecule has 0 saturated carbocycles. The minimum Gasteiger partial charge on any atom is -0.319 e. The van der Waals surface area contributed by atoms with E-state index >= 15 is 0 Å². The Morgan fingerprint density at radius 3 is 2.67 bits per heavy atom. The lowest BCUT2D eigenvalue weighted by molar-refractivity contribution is 1.08. The molecular weight excluding hydrogens is 114 g/mol. The van der Waals surface area contributed by atoms with Gasteiger partial charge in [0.1, 0.15) is 0 Å². The molecule has 0 aromatic rings. The van der Waals surface area contributed by atoms with Gasteiger partial charge in [0.25, 0.3) is 0 Å². The van der Waals surface area contributed by atoms with Gasteiger partial charge >= 0.3 is 0 Å². The minimum absolute atomic E-state index is 0.426. The predicted octanol–water partition coefficient (Wildman–Crippen LogP) is 0.709. The van der Waals surface area contributed by atoms with Crippen molar-refractivity contribution < 1.29 is 0 Å². The van der Waals surface area contributed by atoms with E-state index in [1.54, 1.807) is 0 Å². The molecule has 1 saturated heterocycles. The highest BCUT2D eigenvalue weighted by Gasteiger charge is 2.08. The summed E-state index contributed by atoms with van der Waals surface area (Å²) in [7, 11) is 0. The number of thioether (sulfide) groups is 2. The molecule has 0 amide bonds. The Balaban J connectivity index is 2.18. The summed E-state index contributed by atoms with van der Waals surface area (Å²) in [4.78, 5) is 0. The average Bonchev–Trinajstić information content (AvgIpc) is 1.86.